The van der Waals surface area contributed by atoms with E-state index in [9.17, 15) is 4.79 Å². The first-order valence-electron chi connectivity index (χ1n) is 7.10. The fourth-order valence-electron chi connectivity index (χ4n) is 2.00. The molecule has 0 atom stereocenters. The largest absolute Gasteiger partial charge is 0.484 e. The van der Waals surface area contributed by atoms with E-state index in [-0.39, 0.29) is 12.5 Å². The molecule has 1 aromatic heterocycles. The van der Waals surface area contributed by atoms with Crippen LogP contribution in [0, 0.1) is 13.8 Å². The molecule has 0 radical (unpaired) electrons. The Labute approximate surface area is 124 Å². The molecule has 1 amide bonds. The van der Waals surface area contributed by atoms with E-state index in [1.165, 1.54) is 0 Å². The predicted octanol–water partition coefficient (Wildman–Crippen LogP) is 2.09. The van der Waals surface area contributed by atoms with Gasteiger partial charge >= 0.3 is 0 Å². The Morgan fingerprint density at radius 1 is 1.29 bits per heavy atom. The first-order chi connectivity index (χ1) is 10.2. The summed E-state index contributed by atoms with van der Waals surface area (Å²) in [5.41, 5.74) is 2.16. The third kappa shape index (κ3) is 4.63. The van der Waals surface area contributed by atoms with Crippen LogP contribution in [0.25, 0.3) is 0 Å². The van der Waals surface area contributed by atoms with Crippen LogP contribution in [0.2, 0.25) is 0 Å². The molecule has 2 aromatic rings. The summed E-state index contributed by atoms with van der Waals surface area (Å²) in [4.78, 5) is 11.7. The van der Waals surface area contributed by atoms with Crippen LogP contribution in [0.3, 0.4) is 0 Å². The lowest BCUT2D eigenvalue weighted by molar-refractivity contribution is -0.123. The number of aryl methyl sites for hydroxylation is 3. The van der Waals surface area contributed by atoms with Crippen LogP contribution in [0.5, 0.6) is 5.75 Å². The summed E-state index contributed by atoms with van der Waals surface area (Å²) in [5.74, 6) is 0.648. The molecule has 0 unspecified atom stereocenters. The Morgan fingerprint density at radius 3 is 2.81 bits per heavy atom. The number of hydrogen-bond donors (Lipinski definition) is 1. The van der Waals surface area contributed by atoms with Crippen LogP contribution in [0.15, 0.2) is 36.5 Å². The molecule has 5 heteroatoms. The van der Waals surface area contributed by atoms with Gasteiger partial charge in [-0.3, -0.25) is 9.48 Å². The van der Waals surface area contributed by atoms with Crippen molar-refractivity contribution < 1.29 is 9.53 Å². The molecule has 0 saturated carbocycles. The zero-order chi connectivity index (χ0) is 15.1. The zero-order valence-electron chi connectivity index (χ0n) is 12.5. The Hall–Kier alpha value is -2.30. The molecule has 1 heterocycles. The monoisotopic (exact) mass is 287 g/mol. The third-order valence-electron chi connectivity index (χ3n) is 3.25. The van der Waals surface area contributed by atoms with Crippen LogP contribution in [0.1, 0.15) is 17.7 Å². The van der Waals surface area contributed by atoms with Crippen LogP contribution in [0.4, 0.5) is 0 Å². The molecule has 0 aliphatic carbocycles. The van der Waals surface area contributed by atoms with E-state index < -0.39 is 0 Å². The van der Waals surface area contributed by atoms with Gasteiger partial charge in [0.1, 0.15) is 5.75 Å². The maximum atomic E-state index is 11.7. The molecule has 1 N–H and O–H groups in total. The van der Waals surface area contributed by atoms with Gasteiger partial charge in [-0.05, 0) is 38.0 Å². The smallest absolute Gasteiger partial charge is 0.257 e. The molecule has 0 spiro atoms. The number of aromatic nitrogens is 2. The summed E-state index contributed by atoms with van der Waals surface area (Å²) in [6.45, 7) is 5.44. The highest BCUT2D eigenvalue weighted by atomic mass is 16.5. The number of amides is 1. The van der Waals surface area contributed by atoms with Gasteiger partial charge in [-0.15, -0.1) is 0 Å². The second-order valence-electron chi connectivity index (χ2n) is 4.95. The number of carbonyl (C=O) groups excluding carboxylic acids is 1. The summed E-state index contributed by atoms with van der Waals surface area (Å²) >= 11 is 0. The summed E-state index contributed by atoms with van der Waals surface area (Å²) in [6.07, 6.45) is 2.63. The van der Waals surface area contributed by atoms with Crippen molar-refractivity contribution in [2.24, 2.45) is 0 Å². The van der Waals surface area contributed by atoms with Crippen molar-refractivity contribution in [3.05, 3.63) is 47.8 Å². The highest BCUT2D eigenvalue weighted by Gasteiger charge is 2.04. The first kappa shape index (κ1) is 15.1. The van der Waals surface area contributed by atoms with Crippen LogP contribution in [-0.4, -0.2) is 28.8 Å². The normalized spacial score (nSPS) is 10.4. The summed E-state index contributed by atoms with van der Waals surface area (Å²) < 4.78 is 7.42. The third-order valence-corrected chi connectivity index (χ3v) is 3.25. The Bertz CT molecular complexity index is 593. The van der Waals surface area contributed by atoms with Gasteiger partial charge in [-0.2, -0.15) is 5.10 Å². The minimum Gasteiger partial charge on any atom is -0.484 e. The molecular weight excluding hydrogens is 266 g/mol. The van der Waals surface area contributed by atoms with E-state index in [0.717, 1.165) is 30.0 Å². The van der Waals surface area contributed by atoms with Crippen molar-refractivity contribution in [3.8, 4) is 5.75 Å². The highest BCUT2D eigenvalue weighted by Crippen LogP contribution is 2.15. The van der Waals surface area contributed by atoms with E-state index in [1.807, 2.05) is 48.9 Å². The van der Waals surface area contributed by atoms with Crippen molar-refractivity contribution in [1.29, 1.82) is 0 Å². The first-order valence-corrected chi connectivity index (χ1v) is 7.10. The van der Waals surface area contributed by atoms with Crippen molar-refractivity contribution in [2.75, 3.05) is 13.2 Å². The maximum absolute atomic E-state index is 11.7. The van der Waals surface area contributed by atoms with Crippen molar-refractivity contribution >= 4 is 5.91 Å². The lowest BCUT2D eigenvalue weighted by Gasteiger charge is -2.09. The summed E-state index contributed by atoms with van der Waals surface area (Å²) in [6, 6.07) is 9.63. The van der Waals surface area contributed by atoms with Gasteiger partial charge in [0.25, 0.3) is 5.91 Å². The topological polar surface area (TPSA) is 56.1 Å². The van der Waals surface area contributed by atoms with Gasteiger partial charge in [-0.1, -0.05) is 18.2 Å². The minimum absolute atomic E-state index is 0.0473. The molecule has 5 nitrogen and oxygen atoms in total. The molecule has 2 rings (SSSR count). The Morgan fingerprint density at radius 2 is 2.10 bits per heavy atom. The zero-order valence-corrected chi connectivity index (χ0v) is 12.5. The van der Waals surface area contributed by atoms with Crippen molar-refractivity contribution in [1.82, 2.24) is 15.1 Å². The maximum Gasteiger partial charge on any atom is 0.257 e. The average molecular weight is 287 g/mol. The number of para-hydroxylation sites is 1. The number of nitrogens with zero attached hydrogens (tertiary/aromatic N) is 2. The Balaban J connectivity index is 1.64. The Kier molecular flexibility index (Phi) is 5.37. The number of carbonyl (C=O) groups is 1. The van der Waals surface area contributed by atoms with Gasteiger partial charge in [0, 0.05) is 25.0 Å². The second-order valence-corrected chi connectivity index (χ2v) is 4.95. The van der Waals surface area contributed by atoms with E-state index >= 15 is 0 Å². The molecule has 0 saturated heterocycles. The van der Waals surface area contributed by atoms with Gasteiger partial charge in [0.05, 0.1) is 0 Å². The lowest BCUT2D eigenvalue weighted by atomic mass is 10.2. The number of rotatable bonds is 7. The standard InChI is InChI=1S/C16H21N3O2/c1-13-6-3-4-7-15(13)21-12-16(20)17-9-5-11-19-14(2)8-10-18-19/h3-4,6-8,10H,5,9,11-12H2,1-2H3,(H,17,20). The molecule has 21 heavy (non-hydrogen) atoms. The van der Waals surface area contributed by atoms with Crippen LogP contribution < -0.4 is 10.1 Å². The summed E-state index contributed by atoms with van der Waals surface area (Å²) in [7, 11) is 0. The number of nitrogens with one attached hydrogen (secondary N) is 1. The number of ether oxygens (including phenoxy) is 1. The molecule has 0 aliphatic rings. The lowest BCUT2D eigenvalue weighted by Crippen LogP contribution is -2.30. The second kappa shape index (κ2) is 7.47. The van der Waals surface area contributed by atoms with Crippen LogP contribution in [-0.2, 0) is 11.3 Å². The average Bonchev–Trinajstić information content (AvgIpc) is 2.88. The quantitative estimate of drug-likeness (QED) is 0.793. The van der Waals surface area contributed by atoms with Gasteiger partial charge in [0.15, 0.2) is 6.61 Å². The predicted molar refractivity (Wildman–Crippen MR) is 81.3 cm³/mol. The van der Waals surface area contributed by atoms with Gasteiger partial charge < -0.3 is 10.1 Å². The van der Waals surface area contributed by atoms with Crippen molar-refractivity contribution in [3.63, 3.8) is 0 Å². The van der Waals surface area contributed by atoms with Crippen LogP contribution >= 0.6 is 0 Å². The molecule has 0 fully saturated rings. The highest BCUT2D eigenvalue weighted by molar-refractivity contribution is 5.77. The fraction of sp³-hybridized carbons (Fsp3) is 0.375. The van der Waals surface area contributed by atoms with Gasteiger partial charge in [0.2, 0.25) is 0 Å². The molecule has 112 valence electrons. The van der Waals surface area contributed by atoms with Gasteiger partial charge in [-0.25, -0.2) is 0 Å². The molecule has 0 bridgehead atoms. The molecular formula is C16H21N3O2. The molecule has 1 aromatic carbocycles. The minimum atomic E-state index is -0.101. The van der Waals surface area contributed by atoms with E-state index in [4.69, 9.17) is 4.74 Å². The number of benzene rings is 1. The number of hydrogen-bond acceptors (Lipinski definition) is 3. The molecule has 0 aliphatic heterocycles. The SMILES string of the molecule is Cc1ccccc1OCC(=O)NCCCn1nccc1C. The van der Waals surface area contributed by atoms with E-state index in [2.05, 4.69) is 10.4 Å². The van der Waals surface area contributed by atoms with E-state index in [1.54, 1.807) is 6.20 Å². The van der Waals surface area contributed by atoms with Crippen molar-refractivity contribution in [2.45, 2.75) is 26.8 Å². The van der Waals surface area contributed by atoms with E-state index in [0.29, 0.717) is 6.54 Å². The summed E-state index contributed by atoms with van der Waals surface area (Å²) in [5, 5.41) is 7.05. The fourth-order valence-corrected chi connectivity index (χ4v) is 2.00.